The molecule has 1 aromatic rings. The smallest absolute Gasteiger partial charge is 0.387 e. The third-order valence-corrected chi connectivity index (χ3v) is 8.23. The first-order valence-corrected chi connectivity index (χ1v) is 13.1. The summed E-state index contributed by atoms with van der Waals surface area (Å²) < 4.78 is 0. The molecular formula is C29H39BN4O. The Kier molecular flexibility index (Phi) is 6.69. The normalized spacial score (nSPS) is 27.7. The maximum absolute atomic E-state index is 11.5. The number of fused-ring (bicyclic) bond motifs is 4. The van der Waals surface area contributed by atoms with E-state index in [1.54, 1.807) is 0 Å². The topological polar surface area (TPSA) is 42.0 Å². The fourth-order valence-electron chi connectivity index (χ4n) is 6.01. The van der Waals surface area contributed by atoms with Crippen molar-refractivity contribution in [1.29, 1.82) is 0 Å². The van der Waals surface area contributed by atoms with Gasteiger partial charge in [0.2, 0.25) is 0 Å². The summed E-state index contributed by atoms with van der Waals surface area (Å²) in [7, 11) is 1.58. The number of aryl methyl sites for hydroxylation is 1. The summed E-state index contributed by atoms with van der Waals surface area (Å²) in [4.78, 5) is 6.87. The Labute approximate surface area is 211 Å². The number of hydrogen-bond donors (Lipinski definition) is 2. The van der Waals surface area contributed by atoms with Gasteiger partial charge in [0, 0.05) is 31.3 Å². The molecule has 35 heavy (non-hydrogen) atoms. The van der Waals surface area contributed by atoms with E-state index in [2.05, 4.69) is 109 Å². The van der Waals surface area contributed by atoms with Gasteiger partial charge >= 0.3 is 7.05 Å². The molecule has 1 atom stereocenters. The van der Waals surface area contributed by atoms with Gasteiger partial charge in [-0.15, -0.1) is 0 Å². The van der Waals surface area contributed by atoms with E-state index in [9.17, 15) is 5.02 Å². The minimum atomic E-state index is -0.484. The van der Waals surface area contributed by atoms with Crippen LogP contribution in [0.1, 0.15) is 45.6 Å². The summed E-state index contributed by atoms with van der Waals surface area (Å²) in [5.74, 6) is 0.0793. The van der Waals surface area contributed by atoms with E-state index in [0.717, 1.165) is 45.3 Å². The third-order valence-electron chi connectivity index (χ3n) is 8.23. The molecule has 4 aliphatic rings. The molecule has 2 N–H and O–H groups in total. The number of nitrogens with zero attached hydrogens (tertiary/aromatic N) is 3. The third kappa shape index (κ3) is 4.62. The average Bonchev–Trinajstić information content (AvgIpc) is 2.93. The summed E-state index contributed by atoms with van der Waals surface area (Å²) in [6, 6.07) is 6.86. The first kappa shape index (κ1) is 24.0. The molecule has 0 aromatic heterocycles. The summed E-state index contributed by atoms with van der Waals surface area (Å²) in [6.45, 7) is 9.17. The standard InChI is InChI=1S/C29H39BN4O/c1-5-24-11-12-27-26(20-24)31-29(28-10-6-7-16-34(27)28)13-17-33(18-14-29)30(35)25-9-8-15-32(4)21-23(3)22(2)19-25/h6-8,10-12,15,19-21,25,31,35H,5,9,13-14,16-18H2,1-4H3/b15-8+,22-19+,23-21-. The van der Waals surface area contributed by atoms with Gasteiger partial charge in [-0.3, -0.25) is 0 Å². The van der Waals surface area contributed by atoms with E-state index >= 15 is 0 Å². The van der Waals surface area contributed by atoms with Gasteiger partial charge in [-0.1, -0.05) is 42.9 Å². The minimum absolute atomic E-state index is 0.0793. The molecule has 6 heteroatoms. The van der Waals surface area contributed by atoms with Crippen LogP contribution in [-0.2, 0) is 6.42 Å². The average molecular weight is 470 g/mol. The van der Waals surface area contributed by atoms with Gasteiger partial charge in [0.25, 0.3) is 0 Å². The van der Waals surface area contributed by atoms with Crippen LogP contribution in [-0.4, -0.2) is 54.0 Å². The highest BCUT2D eigenvalue weighted by Crippen LogP contribution is 2.46. The van der Waals surface area contributed by atoms with Crippen LogP contribution >= 0.6 is 0 Å². The zero-order valence-electron chi connectivity index (χ0n) is 21.7. The lowest BCUT2D eigenvalue weighted by molar-refractivity contribution is 0.247. The zero-order chi connectivity index (χ0) is 24.6. The molecule has 1 saturated heterocycles. The van der Waals surface area contributed by atoms with E-state index in [0.29, 0.717) is 0 Å². The van der Waals surface area contributed by atoms with Gasteiger partial charge in [-0.05, 0) is 88.2 Å². The summed E-state index contributed by atoms with van der Waals surface area (Å²) in [5.41, 5.74) is 7.65. The second-order valence-corrected chi connectivity index (χ2v) is 10.6. The van der Waals surface area contributed by atoms with E-state index < -0.39 is 7.05 Å². The lowest BCUT2D eigenvalue weighted by Gasteiger charge is -2.52. The van der Waals surface area contributed by atoms with Crippen LogP contribution in [0.25, 0.3) is 0 Å². The maximum atomic E-state index is 11.5. The maximum Gasteiger partial charge on any atom is 0.387 e. The predicted molar refractivity (Wildman–Crippen MR) is 148 cm³/mol. The number of allylic oxidation sites excluding steroid dienone is 6. The van der Waals surface area contributed by atoms with Crippen LogP contribution in [0.4, 0.5) is 11.4 Å². The van der Waals surface area contributed by atoms with E-state index in [4.69, 9.17) is 0 Å². The highest BCUT2D eigenvalue weighted by molar-refractivity contribution is 6.49. The van der Waals surface area contributed by atoms with Crippen molar-refractivity contribution in [1.82, 2.24) is 9.71 Å². The summed E-state index contributed by atoms with van der Waals surface area (Å²) >= 11 is 0. The highest BCUT2D eigenvalue weighted by atomic mass is 16.2. The van der Waals surface area contributed by atoms with Gasteiger partial charge in [-0.25, -0.2) is 0 Å². The van der Waals surface area contributed by atoms with E-state index in [1.807, 2.05) is 0 Å². The molecule has 5 rings (SSSR count). The monoisotopic (exact) mass is 470 g/mol. The number of hydrogen-bond acceptors (Lipinski definition) is 5. The van der Waals surface area contributed by atoms with Gasteiger partial charge in [-0.2, -0.15) is 0 Å². The van der Waals surface area contributed by atoms with E-state index in [-0.39, 0.29) is 11.4 Å². The first-order chi connectivity index (χ1) is 16.9. The lowest BCUT2D eigenvalue weighted by Crippen LogP contribution is -2.59. The van der Waals surface area contributed by atoms with E-state index in [1.165, 1.54) is 33.8 Å². The fourth-order valence-corrected chi connectivity index (χ4v) is 6.01. The molecular weight excluding hydrogens is 431 g/mol. The molecule has 0 saturated carbocycles. The van der Waals surface area contributed by atoms with Gasteiger partial charge in [0.15, 0.2) is 0 Å². The van der Waals surface area contributed by atoms with Crippen molar-refractivity contribution in [3.63, 3.8) is 0 Å². The number of anilines is 2. The zero-order valence-corrected chi connectivity index (χ0v) is 21.7. The molecule has 1 aromatic carbocycles. The molecule has 0 amide bonds. The quantitative estimate of drug-likeness (QED) is 0.586. The molecule has 184 valence electrons. The molecule has 0 bridgehead atoms. The molecule has 1 spiro atoms. The predicted octanol–water partition coefficient (Wildman–Crippen LogP) is 5.32. The van der Waals surface area contributed by atoms with Crippen LogP contribution < -0.4 is 10.2 Å². The van der Waals surface area contributed by atoms with Gasteiger partial charge < -0.3 is 25.0 Å². The molecule has 4 aliphatic heterocycles. The van der Waals surface area contributed by atoms with Crippen molar-refractivity contribution >= 4 is 18.4 Å². The number of piperidine rings is 1. The van der Waals surface area contributed by atoms with Gasteiger partial charge in [0.05, 0.1) is 16.9 Å². The number of benzene rings is 1. The van der Waals surface area contributed by atoms with Crippen LogP contribution in [0, 0.1) is 0 Å². The van der Waals surface area contributed by atoms with Crippen molar-refractivity contribution in [2.24, 2.45) is 0 Å². The Bertz CT molecular complexity index is 1110. The van der Waals surface area contributed by atoms with Crippen LogP contribution in [0.5, 0.6) is 0 Å². The van der Waals surface area contributed by atoms with Crippen molar-refractivity contribution in [3.8, 4) is 0 Å². The van der Waals surface area contributed by atoms with Crippen LogP contribution in [0.15, 0.2) is 77.8 Å². The minimum Gasteiger partial charge on any atom is -0.437 e. The summed E-state index contributed by atoms with van der Waals surface area (Å²) in [6.07, 6.45) is 19.3. The Morgan fingerprint density at radius 1 is 1.14 bits per heavy atom. The Morgan fingerprint density at radius 3 is 2.71 bits per heavy atom. The van der Waals surface area contributed by atoms with Crippen molar-refractivity contribution < 1.29 is 5.02 Å². The first-order valence-electron chi connectivity index (χ1n) is 13.1. The SMILES string of the molecule is CCc1ccc2c(c1)NC1(CCN(B(O)C3/C=C(C)/C(C)=C\N(C)/C=C/C3)CC1)C1=CC=CCN12. The highest BCUT2D eigenvalue weighted by Gasteiger charge is 2.46. The van der Waals surface area contributed by atoms with Crippen molar-refractivity contribution in [2.45, 2.75) is 57.8 Å². The second-order valence-electron chi connectivity index (χ2n) is 10.6. The van der Waals surface area contributed by atoms with Gasteiger partial charge in [0.1, 0.15) is 0 Å². The summed E-state index contributed by atoms with van der Waals surface area (Å²) in [5, 5.41) is 15.5. The van der Waals surface area contributed by atoms with Crippen LogP contribution in [0.2, 0.25) is 5.82 Å². The molecule has 0 radical (unpaired) electrons. The molecule has 1 unspecified atom stereocenters. The number of rotatable bonds is 3. The molecule has 5 nitrogen and oxygen atoms in total. The van der Waals surface area contributed by atoms with Crippen molar-refractivity contribution in [3.05, 3.63) is 83.4 Å². The molecule has 4 heterocycles. The Hall–Kier alpha value is -2.70. The Balaban J connectivity index is 1.36. The number of nitrogens with one attached hydrogen (secondary N) is 1. The molecule has 0 aliphatic carbocycles. The van der Waals surface area contributed by atoms with Crippen molar-refractivity contribution in [2.75, 3.05) is 36.9 Å². The molecule has 1 fully saturated rings. The Morgan fingerprint density at radius 2 is 1.94 bits per heavy atom. The second kappa shape index (κ2) is 9.75. The fraction of sp³-hybridized carbons (Fsp3) is 0.448. The lowest BCUT2D eigenvalue weighted by atomic mass is 9.61. The largest absolute Gasteiger partial charge is 0.437 e. The van der Waals surface area contributed by atoms with Crippen LogP contribution in [0.3, 0.4) is 0 Å².